The minimum absolute atomic E-state index is 0.160. The molecule has 8 heteroatoms. The molecule has 0 saturated heterocycles. The van der Waals surface area contributed by atoms with Crippen molar-refractivity contribution in [3.05, 3.63) is 0 Å². The molecule has 0 aliphatic heterocycles. The molecule has 0 aromatic carbocycles. The van der Waals surface area contributed by atoms with E-state index in [-0.39, 0.29) is 13.2 Å². The molecule has 7 nitrogen and oxygen atoms in total. The minimum atomic E-state index is -2.15. The van der Waals surface area contributed by atoms with Crippen molar-refractivity contribution in [2.24, 2.45) is 10.3 Å². The zero-order chi connectivity index (χ0) is 10.6. The van der Waals surface area contributed by atoms with Crippen LogP contribution in [-0.4, -0.2) is 36.1 Å². The largest absolute Gasteiger partial charge is 0.697 e. The van der Waals surface area contributed by atoms with Gasteiger partial charge in [0.2, 0.25) is 0 Å². The molecule has 0 aliphatic rings. The van der Waals surface area contributed by atoms with E-state index in [4.69, 9.17) is 19.5 Å². The molecule has 0 heterocycles. The Bertz CT molecular complexity index is 188. The van der Waals surface area contributed by atoms with E-state index < -0.39 is 8.25 Å². The molecule has 0 fully saturated rings. The molecule has 2 N–H and O–H groups in total. The predicted octanol–water partition coefficient (Wildman–Crippen LogP) is 1.38. The van der Waals surface area contributed by atoms with Crippen LogP contribution in [0.5, 0.6) is 0 Å². The number of rotatable bonds is 8. The molecule has 0 atom stereocenters. The summed E-state index contributed by atoms with van der Waals surface area (Å²) in [5, 5.41) is 21.5. The van der Waals surface area contributed by atoms with E-state index in [2.05, 4.69) is 10.3 Å². The Kier molecular flexibility index (Phi) is 9.30. The highest BCUT2D eigenvalue weighted by Crippen LogP contribution is 2.23. The van der Waals surface area contributed by atoms with Gasteiger partial charge < -0.3 is 10.4 Å². The van der Waals surface area contributed by atoms with Crippen LogP contribution in [0.3, 0.4) is 0 Å². The van der Waals surface area contributed by atoms with Gasteiger partial charge in [-0.05, 0) is 0 Å². The van der Waals surface area contributed by atoms with Crippen molar-refractivity contribution in [3.8, 4) is 0 Å². The van der Waals surface area contributed by atoms with Crippen LogP contribution in [0.25, 0.3) is 0 Å². The van der Waals surface area contributed by atoms with Crippen LogP contribution in [0.2, 0.25) is 0 Å². The molecule has 0 amide bonds. The molecular formula is C6H12N2O5P+. The highest BCUT2D eigenvalue weighted by Gasteiger charge is 2.18. The van der Waals surface area contributed by atoms with E-state index in [1.807, 2.05) is 0 Å². The third kappa shape index (κ3) is 9.05. The molecule has 0 rings (SSSR count). The van der Waals surface area contributed by atoms with Gasteiger partial charge in [-0.25, -0.2) is 0 Å². The van der Waals surface area contributed by atoms with Crippen LogP contribution >= 0.6 is 8.25 Å². The molecule has 80 valence electrons. The second-order valence-electron chi connectivity index (χ2n) is 2.06. The number of oxime groups is 2. The van der Waals surface area contributed by atoms with E-state index in [1.54, 1.807) is 0 Å². The summed E-state index contributed by atoms with van der Waals surface area (Å²) in [7, 11) is -2.15. The van der Waals surface area contributed by atoms with Crippen molar-refractivity contribution in [2.45, 2.75) is 12.8 Å². The Morgan fingerprint density at radius 3 is 1.86 bits per heavy atom. The van der Waals surface area contributed by atoms with Crippen molar-refractivity contribution >= 4 is 20.7 Å². The number of hydrogen-bond acceptors (Lipinski definition) is 7. The van der Waals surface area contributed by atoms with Gasteiger partial charge in [-0.1, -0.05) is 0 Å². The van der Waals surface area contributed by atoms with Crippen molar-refractivity contribution in [1.29, 1.82) is 0 Å². The summed E-state index contributed by atoms with van der Waals surface area (Å²) in [5.74, 6) is 0. The fraction of sp³-hybridized carbons (Fsp3) is 0.667. The van der Waals surface area contributed by atoms with Crippen LogP contribution in [-0.2, 0) is 13.6 Å². The first-order valence-corrected chi connectivity index (χ1v) is 4.95. The Balaban J connectivity index is 3.28. The highest BCUT2D eigenvalue weighted by atomic mass is 31.1. The predicted molar refractivity (Wildman–Crippen MR) is 49.3 cm³/mol. The monoisotopic (exact) mass is 223 g/mol. The van der Waals surface area contributed by atoms with E-state index in [0.717, 1.165) is 0 Å². The summed E-state index contributed by atoms with van der Waals surface area (Å²) in [6, 6.07) is 0. The second-order valence-corrected chi connectivity index (χ2v) is 3.03. The van der Waals surface area contributed by atoms with Gasteiger partial charge in [-0.2, -0.15) is 0 Å². The van der Waals surface area contributed by atoms with Gasteiger partial charge in [-0.15, -0.1) is 19.4 Å². The Morgan fingerprint density at radius 2 is 1.50 bits per heavy atom. The van der Waals surface area contributed by atoms with E-state index in [0.29, 0.717) is 12.8 Å². The topological polar surface area (TPSA) is 101 Å². The van der Waals surface area contributed by atoms with Crippen LogP contribution < -0.4 is 0 Å². The average molecular weight is 223 g/mol. The van der Waals surface area contributed by atoms with Crippen LogP contribution in [0.4, 0.5) is 0 Å². The zero-order valence-corrected chi connectivity index (χ0v) is 8.34. The van der Waals surface area contributed by atoms with Gasteiger partial charge in [0, 0.05) is 29.8 Å². The van der Waals surface area contributed by atoms with Gasteiger partial charge in [0.15, 0.2) is 0 Å². The van der Waals surface area contributed by atoms with Crippen LogP contribution in [0, 0.1) is 0 Å². The van der Waals surface area contributed by atoms with Gasteiger partial charge in [0.1, 0.15) is 13.2 Å². The third-order valence-electron chi connectivity index (χ3n) is 1.05. The number of nitrogens with zero attached hydrogens (tertiary/aromatic N) is 2. The molecule has 0 saturated carbocycles. The summed E-state index contributed by atoms with van der Waals surface area (Å²) in [6.07, 6.45) is 3.17. The average Bonchev–Trinajstić information content (AvgIpc) is 2.19. The molecule has 14 heavy (non-hydrogen) atoms. The molecule has 0 unspecified atom stereocenters. The van der Waals surface area contributed by atoms with Crippen LogP contribution in [0.1, 0.15) is 12.8 Å². The zero-order valence-electron chi connectivity index (χ0n) is 7.44. The second kappa shape index (κ2) is 10.0. The Morgan fingerprint density at radius 1 is 1.07 bits per heavy atom. The molecule has 0 aromatic heterocycles. The SMILES string of the molecule is O=[P+](OCCC=NO)OCCC=NO. The summed E-state index contributed by atoms with van der Waals surface area (Å²) in [4.78, 5) is 0. The minimum Gasteiger partial charge on any atom is -0.411 e. The summed E-state index contributed by atoms with van der Waals surface area (Å²) in [5.41, 5.74) is 0. The third-order valence-corrected chi connectivity index (χ3v) is 1.84. The van der Waals surface area contributed by atoms with Crippen molar-refractivity contribution in [1.82, 2.24) is 0 Å². The lowest BCUT2D eigenvalue weighted by Gasteiger charge is -1.87. The molecule has 0 aliphatic carbocycles. The van der Waals surface area contributed by atoms with Crippen molar-refractivity contribution < 1.29 is 24.0 Å². The summed E-state index contributed by atoms with van der Waals surface area (Å²) in [6.45, 7) is 0.320. The number of hydrogen-bond donors (Lipinski definition) is 2. The van der Waals surface area contributed by atoms with Gasteiger partial charge in [-0.3, -0.25) is 0 Å². The normalized spacial score (nSPS) is 12.7. The summed E-state index contributed by atoms with van der Waals surface area (Å²) < 4.78 is 20.3. The maximum absolute atomic E-state index is 10.9. The van der Waals surface area contributed by atoms with Gasteiger partial charge in [0.25, 0.3) is 0 Å². The fourth-order valence-corrected chi connectivity index (χ4v) is 1.10. The van der Waals surface area contributed by atoms with E-state index in [1.165, 1.54) is 12.4 Å². The smallest absolute Gasteiger partial charge is 0.411 e. The van der Waals surface area contributed by atoms with Crippen molar-refractivity contribution in [2.75, 3.05) is 13.2 Å². The summed E-state index contributed by atoms with van der Waals surface area (Å²) >= 11 is 0. The first-order chi connectivity index (χ1) is 6.81. The lowest BCUT2D eigenvalue weighted by Crippen LogP contribution is -1.92. The quantitative estimate of drug-likeness (QED) is 0.213. The maximum atomic E-state index is 10.9. The lowest BCUT2D eigenvalue weighted by atomic mass is 10.5. The van der Waals surface area contributed by atoms with Crippen molar-refractivity contribution in [3.63, 3.8) is 0 Å². The highest BCUT2D eigenvalue weighted by molar-refractivity contribution is 7.33. The molecule has 0 aromatic rings. The molecular weight excluding hydrogens is 211 g/mol. The Hall–Kier alpha value is -1.04. The van der Waals surface area contributed by atoms with Gasteiger partial charge >= 0.3 is 8.25 Å². The lowest BCUT2D eigenvalue weighted by molar-refractivity contribution is 0.234. The van der Waals surface area contributed by atoms with E-state index >= 15 is 0 Å². The molecule has 0 spiro atoms. The molecule has 0 radical (unpaired) electrons. The fourth-order valence-electron chi connectivity index (χ4n) is 0.513. The Labute approximate surface area is 82.0 Å². The van der Waals surface area contributed by atoms with Gasteiger partial charge in [0.05, 0.1) is 0 Å². The van der Waals surface area contributed by atoms with E-state index in [9.17, 15) is 4.57 Å². The first kappa shape index (κ1) is 13.0. The molecule has 0 bridgehead atoms. The maximum Gasteiger partial charge on any atom is 0.697 e. The standard InChI is InChI=1S/C6H11N2O5P/c9-7-3-1-5-12-14(11)13-6-2-4-8-10/h3-4H,1-2,5-6H2,(H-,9,10)/p+1. The van der Waals surface area contributed by atoms with Crippen LogP contribution in [0.15, 0.2) is 10.3 Å². The first-order valence-electron chi connectivity index (χ1n) is 3.86.